The molecule has 0 spiro atoms. The minimum absolute atomic E-state index is 0.732. The normalized spacial score (nSPS) is 15.2. The molecular formula is C5H8FNO4. The molecule has 0 fully saturated rings. The van der Waals surface area contributed by atoms with Gasteiger partial charge in [-0.15, -0.1) is 0 Å². The summed E-state index contributed by atoms with van der Waals surface area (Å²) in [7, 11) is 0. The highest BCUT2D eigenvalue weighted by atomic mass is 19.1. The van der Waals surface area contributed by atoms with E-state index in [-0.39, 0.29) is 0 Å². The molecule has 5 nitrogen and oxygen atoms in total. The highest BCUT2D eigenvalue weighted by molar-refractivity contribution is 5.65. The molecule has 0 aromatic rings. The largest absolute Gasteiger partial charge is 0.455 e. The highest BCUT2D eigenvalue weighted by Crippen LogP contribution is 2.10. The Morgan fingerprint density at radius 3 is 2.55 bits per heavy atom. The van der Waals surface area contributed by atoms with Crippen LogP contribution in [-0.2, 0) is 9.53 Å². The molecule has 11 heavy (non-hydrogen) atoms. The van der Waals surface area contributed by atoms with Crippen LogP contribution in [0, 0.1) is 10.1 Å². The van der Waals surface area contributed by atoms with Crippen molar-refractivity contribution in [2.75, 3.05) is 6.61 Å². The van der Waals surface area contributed by atoms with E-state index < -0.39 is 23.3 Å². The van der Waals surface area contributed by atoms with Crippen LogP contribution in [0.15, 0.2) is 0 Å². The summed E-state index contributed by atoms with van der Waals surface area (Å²) in [6, 6.07) is 0. The summed E-state index contributed by atoms with van der Waals surface area (Å²) in [4.78, 5) is 18.8. The Balaban J connectivity index is 3.92. The van der Waals surface area contributed by atoms with E-state index in [9.17, 15) is 19.3 Å². The van der Waals surface area contributed by atoms with Crippen molar-refractivity contribution in [3.8, 4) is 0 Å². The molecule has 0 aliphatic rings. The van der Waals surface area contributed by atoms with Gasteiger partial charge in [0, 0.05) is 13.8 Å². The number of carbonyl (C=O) groups excluding carboxylic acids is 1. The monoisotopic (exact) mass is 165 g/mol. The summed E-state index contributed by atoms with van der Waals surface area (Å²) < 4.78 is 16.7. The van der Waals surface area contributed by atoms with Crippen molar-refractivity contribution in [2.45, 2.75) is 19.6 Å². The van der Waals surface area contributed by atoms with Gasteiger partial charge in [-0.05, 0) is 0 Å². The summed E-state index contributed by atoms with van der Waals surface area (Å²) >= 11 is 0. The lowest BCUT2D eigenvalue weighted by atomic mass is 10.3. The lowest BCUT2D eigenvalue weighted by Gasteiger charge is -2.09. The quantitative estimate of drug-likeness (QED) is 0.264. The molecule has 0 saturated carbocycles. The molecule has 1 atom stereocenters. The maximum Gasteiger partial charge on any atom is 0.389 e. The van der Waals surface area contributed by atoms with Gasteiger partial charge in [-0.3, -0.25) is 14.9 Å². The number of ether oxygens (including phenoxy) is 1. The molecule has 0 saturated heterocycles. The van der Waals surface area contributed by atoms with Gasteiger partial charge in [0.15, 0.2) is 6.61 Å². The predicted molar refractivity (Wildman–Crippen MR) is 33.1 cm³/mol. The van der Waals surface area contributed by atoms with Crippen molar-refractivity contribution in [3.63, 3.8) is 0 Å². The van der Waals surface area contributed by atoms with E-state index >= 15 is 0 Å². The molecule has 0 rings (SSSR count). The topological polar surface area (TPSA) is 69.4 Å². The maximum absolute atomic E-state index is 12.6. The predicted octanol–water partition coefficient (Wildman–Crippen LogP) is 0.512. The second kappa shape index (κ2) is 3.27. The van der Waals surface area contributed by atoms with Gasteiger partial charge in [0.05, 0.1) is 4.92 Å². The first-order chi connectivity index (χ1) is 4.86. The number of carbonyl (C=O) groups is 1. The van der Waals surface area contributed by atoms with E-state index in [0.29, 0.717) is 0 Å². The Morgan fingerprint density at radius 1 is 1.82 bits per heavy atom. The van der Waals surface area contributed by atoms with E-state index in [2.05, 4.69) is 4.74 Å². The minimum atomic E-state index is -2.69. The van der Waals surface area contributed by atoms with Crippen molar-refractivity contribution in [3.05, 3.63) is 10.1 Å². The Hall–Kier alpha value is -1.20. The van der Waals surface area contributed by atoms with Crippen LogP contribution in [0.2, 0.25) is 0 Å². The fraction of sp³-hybridized carbons (Fsp3) is 0.800. The summed E-state index contributed by atoms with van der Waals surface area (Å²) in [6.45, 7) is 0.932. The number of rotatable bonds is 3. The smallest absolute Gasteiger partial charge is 0.389 e. The second-order valence-electron chi connectivity index (χ2n) is 2.18. The third-order valence-electron chi connectivity index (χ3n) is 0.920. The molecule has 0 aliphatic heterocycles. The van der Waals surface area contributed by atoms with Gasteiger partial charge >= 0.3 is 11.8 Å². The van der Waals surface area contributed by atoms with E-state index in [1.165, 1.54) is 0 Å². The standard InChI is InChI=1S/C5H8FNO4/c1-4(8)11-3-5(2,6)7(9)10/h3H2,1-2H3. The molecule has 0 bridgehead atoms. The summed E-state index contributed by atoms with van der Waals surface area (Å²) in [5.41, 5.74) is 0. The zero-order chi connectivity index (χ0) is 9.07. The number of alkyl halides is 1. The number of esters is 1. The van der Waals surface area contributed by atoms with Crippen LogP contribution in [0.25, 0.3) is 0 Å². The Bertz CT molecular complexity index is 179. The van der Waals surface area contributed by atoms with Crippen LogP contribution < -0.4 is 0 Å². The number of hydrogen-bond donors (Lipinski definition) is 0. The van der Waals surface area contributed by atoms with Gasteiger partial charge in [-0.2, -0.15) is 4.39 Å². The number of halogens is 1. The molecule has 0 radical (unpaired) electrons. The molecule has 1 unspecified atom stereocenters. The van der Waals surface area contributed by atoms with E-state index in [0.717, 1.165) is 13.8 Å². The molecule has 64 valence electrons. The first-order valence-corrected chi connectivity index (χ1v) is 2.83. The minimum Gasteiger partial charge on any atom is -0.455 e. The summed E-state index contributed by atoms with van der Waals surface area (Å²) in [5, 5.41) is 9.87. The molecule has 0 aliphatic carbocycles. The van der Waals surface area contributed by atoms with Gasteiger partial charge in [-0.1, -0.05) is 0 Å². The molecule has 0 N–H and O–H groups in total. The third-order valence-corrected chi connectivity index (χ3v) is 0.920. The van der Waals surface area contributed by atoms with Crippen LogP contribution >= 0.6 is 0 Å². The second-order valence-corrected chi connectivity index (χ2v) is 2.18. The summed E-state index contributed by atoms with van der Waals surface area (Å²) in [5.74, 6) is -3.43. The first kappa shape index (κ1) is 9.80. The van der Waals surface area contributed by atoms with Crippen LogP contribution in [0.4, 0.5) is 4.39 Å². The average molecular weight is 165 g/mol. The van der Waals surface area contributed by atoms with Crippen molar-refractivity contribution in [1.82, 2.24) is 0 Å². The number of hydrogen-bond acceptors (Lipinski definition) is 4. The van der Waals surface area contributed by atoms with Crippen LogP contribution in [0.5, 0.6) is 0 Å². The average Bonchev–Trinajstić information content (AvgIpc) is 1.84. The van der Waals surface area contributed by atoms with Gasteiger partial charge in [-0.25, -0.2) is 0 Å². The Kier molecular flexibility index (Phi) is 2.91. The zero-order valence-corrected chi connectivity index (χ0v) is 6.17. The molecule has 0 amide bonds. The molecule has 6 heteroatoms. The van der Waals surface area contributed by atoms with Gasteiger partial charge in [0.2, 0.25) is 0 Å². The first-order valence-electron chi connectivity index (χ1n) is 2.83. The molecule has 0 heterocycles. The molecule has 0 aromatic carbocycles. The van der Waals surface area contributed by atoms with E-state index in [4.69, 9.17) is 0 Å². The van der Waals surface area contributed by atoms with Crippen molar-refractivity contribution in [1.29, 1.82) is 0 Å². The lowest BCUT2D eigenvalue weighted by Crippen LogP contribution is -2.35. The maximum atomic E-state index is 12.6. The van der Waals surface area contributed by atoms with Crippen LogP contribution in [0.1, 0.15) is 13.8 Å². The zero-order valence-electron chi connectivity index (χ0n) is 6.17. The van der Waals surface area contributed by atoms with E-state index in [1.54, 1.807) is 0 Å². The third kappa shape index (κ3) is 3.49. The molecule has 0 aromatic heterocycles. The Labute approximate surface area is 62.3 Å². The lowest BCUT2D eigenvalue weighted by molar-refractivity contribution is -0.603. The number of nitro groups is 1. The molecular weight excluding hydrogens is 157 g/mol. The van der Waals surface area contributed by atoms with Gasteiger partial charge in [0.25, 0.3) is 0 Å². The summed E-state index contributed by atoms with van der Waals surface area (Å²) in [6.07, 6.45) is 0. The van der Waals surface area contributed by atoms with E-state index in [1.807, 2.05) is 0 Å². The van der Waals surface area contributed by atoms with Crippen LogP contribution in [0.3, 0.4) is 0 Å². The van der Waals surface area contributed by atoms with Gasteiger partial charge in [0.1, 0.15) is 0 Å². The SMILES string of the molecule is CC(=O)OCC(C)(F)[N+](=O)[O-]. The van der Waals surface area contributed by atoms with Crippen molar-refractivity contribution >= 4 is 5.97 Å². The Morgan fingerprint density at radius 2 is 2.27 bits per heavy atom. The highest BCUT2D eigenvalue weighted by Gasteiger charge is 2.38. The van der Waals surface area contributed by atoms with Crippen LogP contribution in [-0.4, -0.2) is 23.3 Å². The number of nitrogens with zero attached hydrogens (tertiary/aromatic N) is 1. The van der Waals surface area contributed by atoms with Crippen molar-refractivity contribution < 1.29 is 18.8 Å². The fourth-order valence-electron chi connectivity index (χ4n) is 0.286. The van der Waals surface area contributed by atoms with Crippen molar-refractivity contribution in [2.24, 2.45) is 0 Å². The van der Waals surface area contributed by atoms with Gasteiger partial charge < -0.3 is 4.74 Å². The fourth-order valence-corrected chi connectivity index (χ4v) is 0.286.